The molecule has 6 aliphatic rings. The van der Waals surface area contributed by atoms with Gasteiger partial charge in [0.2, 0.25) is 23.4 Å². The van der Waals surface area contributed by atoms with Crippen molar-refractivity contribution >= 4 is 35.5 Å². The van der Waals surface area contributed by atoms with Gasteiger partial charge < -0.3 is 87.6 Å². The third-order valence-electron chi connectivity index (χ3n) is 23.8. The van der Waals surface area contributed by atoms with Crippen LogP contribution in [0.2, 0.25) is 0 Å². The number of ketones is 1. The quantitative estimate of drug-likeness (QED) is 0.0416. The van der Waals surface area contributed by atoms with E-state index in [4.69, 9.17) is 51.2 Å². The van der Waals surface area contributed by atoms with E-state index in [1.807, 2.05) is 116 Å². The van der Waals surface area contributed by atoms with Crippen molar-refractivity contribution in [2.24, 2.45) is 0 Å². The number of nitrogens with one attached hydrogen (secondary N) is 6. The molecule has 42 nitrogen and oxygen atoms in total. The SMILES string of the molecule is CC(C)(C)c1c(CN2CCNCC2)noc1N.CC(C)(C)c1conc1CN1CCNCC1.CC(C)(C)c1nc(CN2CCNCC2)no1.CC(C)(C)c1noc(-c2ccccc2)n1.CC(C)(C)c1noc(C(=O)CCC2CCCN2)n1.CC(C)(C)c1noc(Cn2cccn2)n1.CC(C)(C)c1noc(N2CCOCC2)n1.CC(C)(C)c1noc(NC(=O)c2ccccc2)n1.CC(C)(C)c1oncc1C(=O)N1CCNCC1. The van der Waals surface area contributed by atoms with Gasteiger partial charge in [0.05, 0.1) is 26.0 Å². The smallest absolute Gasteiger partial charge is 0.328 e. The number of aromatic nitrogens is 17. The molecule has 2 aromatic carbocycles. The molecule has 0 radical (unpaired) electrons. The molecule has 0 saturated carbocycles. The summed E-state index contributed by atoms with van der Waals surface area (Å²) in [6.07, 6.45) is 10.6. The normalized spacial score (nSPS) is 16.4. The largest absolute Gasteiger partial charge is 0.378 e. The number of nitrogen functional groups attached to an aromatic ring is 1. The number of piperazine rings is 4. The predicted molar refractivity (Wildman–Crippen MR) is 560 cm³/mol. The summed E-state index contributed by atoms with van der Waals surface area (Å²) in [7, 11) is 0. The number of nitrogens with two attached hydrogens (primary N) is 1. The fourth-order valence-corrected chi connectivity index (χ4v) is 15.2. The van der Waals surface area contributed by atoms with E-state index in [1.165, 1.54) is 18.2 Å². The molecule has 8 N–H and O–H groups in total. The van der Waals surface area contributed by atoms with Gasteiger partial charge in [-0.1, -0.05) is 270 Å². The molecule has 0 spiro atoms. The van der Waals surface area contributed by atoms with Crippen LogP contribution in [0.1, 0.15) is 319 Å². The van der Waals surface area contributed by atoms with E-state index < -0.39 is 0 Å². The Morgan fingerprint density at radius 1 is 0.456 bits per heavy atom. The predicted octanol–water partition coefficient (Wildman–Crippen LogP) is 14.7. The molecule has 18 rings (SSSR count). The van der Waals surface area contributed by atoms with E-state index in [9.17, 15) is 14.4 Å². The molecule has 147 heavy (non-hydrogen) atoms. The van der Waals surface area contributed by atoms with Crippen LogP contribution in [0.25, 0.3) is 11.5 Å². The Bertz CT molecular complexity index is 5830. The van der Waals surface area contributed by atoms with Crippen LogP contribution in [0.5, 0.6) is 0 Å². The topological polar surface area (TPSA) is 504 Å². The van der Waals surface area contributed by atoms with E-state index in [-0.39, 0.29) is 78.2 Å². The van der Waals surface area contributed by atoms with Crippen LogP contribution >= 0.6 is 0 Å². The number of Topliss-reactive ketones (excluding diaryl/α,β-unsaturated/α-hetero) is 1. The minimum atomic E-state index is -0.264. The van der Waals surface area contributed by atoms with Crippen LogP contribution < -0.4 is 42.5 Å². The van der Waals surface area contributed by atoms with Gasteiger partial charge in [-0.25, -0.2) is 0 Å². The lowest BCUT2D eigenvalue weighted by molar-refractivity contribution is 0.0730. The molecule has 6 fully saturated rings. The van der Waals surface area contributed by atoms with Crippen molar-refractivity contribution in [3.8, 4) is 11.5 Å². The van der Waals surface area contributed by atoms with Gasteiger partial charge in [-0.2, -0.15) is 35.0 Å². The van der Waals surface area contributed by atoms with Crippen LogP contribution in [0.3, 0.4) is 0 Å². The van der Waals surface area contributed by atoms with Crippen LogP contribution in [0, 0.1) is 0 Å². The lowest BCUT2D eigenvalue weighted by atomic mass is 9.86. The number of ether oxygens (including phenoxy) is 1. The van der Waals surface area contributed by atoms with Gasteiger partial charge in [0.15, 0.2) is 40.7 Å². The second-order valence-electron chi connectivity index (χ2n) is 46.4. The number of anilines is 3. The van der Waals surface area contributed by atoms with Crippen molar-refractivity contribution in [1.82, 2.24) is 132 Å². The molecule has 2 amide bonds. The average molecular weight is 2040 g/mol. The summed E-state index contributed by atoms with van der Waals surface area (Å²) in [4.78, 5) is 73.0. The number of morpholine rings is 1. The van der Waals surface area contributed by atoms with Crippen molar-refractivity contribution in [3.63, 3.8) is 0 Å². The number of hydrogen-bond acceptors (Lipinski definition) is 39. The summed E-state index contributed by atoms with van der Waals surface area (Å²) >= 11 is 0. The number of amides is 2. The van der Waals surface area contributed by atoms with E-state index in [1.54, 1.807) is 41.4 Å². The Hall–Kier alpha value is -12.0. The molecule has 0 aliphatic carbocycles. The number of rotatable bonds is 17. The molecule has 16 heterocycles. The first kappa shape index (κ1) is 117. The Balaban J connectivity index is 0.000000169. The van der Waals surface area contributed by atoms with Gasteiger partial charge >= 0.3 is 12.0 Å². The monoisotopic (exact) mass is 2040 g/mol. The molecule has 1 unspecified atom stereocenters. The Labute approximate surface area is 865 Å². The lowest BCUT2D eigenvalue weighted by Crippen LogP contribution is -2.46. The molecule has 10 aromatic heterocycles. The maximum atomic E-state index is 12.3. The standard InChI is InChI=1S/C13H21N3O2.C13H15N3O2.C12H22N4O.C12H19N3O2.C12H21N3O.C12H14N2O.C11H20N4O.C10H14N4O.C10H17N3O2/c1-13(2,3)12-15-11(18-16-12)10(17)7-6-9-5-4-8-14-9;1-13(2,3)11-15-12(18-16-11)14-10(17)9-7-5-4-6-8-9;1-12(2,3)10-9(15-17-11(10)13)8-16-6-4-14-5-7-16;1-12(2,3)10-9(8-14-17-10)11(16)15-6-4-13-5-7-15;1-12(2,3)10-9-16-14-11(10)8-15-6-4-13-5-7-15;1-12(2,3)11-13-10(15-14-11)9-7-5-4-6-8-9;1-11(2,3)10-13-9(14-16-10)8-15-6-4-12-5-7-15;1-10(2,3)9-12-8(15-13-9)7-14-6-4-5-11-14;1-10(2,3)8-11-9(15-12-8)13-4-6-14-7-5-13/h9,14H,4-8H2,1-3H3;4-8H,1-3H3,(H,14,15,16,17);14H,4-8,13H2,1-3H3;8,13H,4-7H2,1-3H3;9,13H,4-8H2,1-3H3;4-8H,1-3H3;12H,4-8H2,1-3H3;4-6H,7H2,1-3H3;4-7H2,1-3H3. The molecule has 12 aromatic rings. The maximum Gasteiger partial charge on any atom is 0.328 e. The second-order valence-corrected chi connectivity index (χ2v) is 46.4. The van der Waals surface area contributed by atoms with E-state index in [2.05, 4.69) is 258 Å². The van der Waals surface area contributed by atoms with Crippen molar-refractivity contribution < 1.29 is 59.8 Å². The van der Waals surface area contributed by atoms with Gasteiger partial charge in [0.1, 0.15) is 29.8 Å². The highest BCUT2D eigenvalue weighted by Gasteiger charge is 2.35. The van der Waals surface area contributed by atoms with Gasteiger partial charge in [0.25, 0.3) is 23.6 Å². The fraction of sp³-hybridized carbons (Fsp3) is 0.629. The van der Waals surface area contributed by atoms with Crippen molar-refractivity contribution in [2.75, 3.05) is 154 Å². The summed E-state index contributed by atoms with van der Waals surface area (Å²) in [5.41, 5.74) is 11.6. The summed E-state index contributed by atoms with van der Waals surface area (Å²) in [6, 6.07) is 21.7. The Kier molecular flexibility index (Phi) is 42.3. The second kappa shape index (κ2) is 53.2. The Morgan fingerprint density at radius 2 is 0.980 bits per heavy atom. The van der Waals surface area contributed by atoms with E-state index >= 15 is 0 Å². The van der Waals surface area contributed by atoms with Crippen molar-refractivity contribution in [2.45, 2.75) is 294 Å². The van der Waals surface area contributed by atoms with Crippen LogP contribution in [0.15, 0.2) is 132 Å². The summed E-state index contributed by atoms with van der Waals surface area (Å²) < 4.78 is 53.4. The highest BCUT2D eigenvalue weighted by Crippen LogP contribution is 2.34. The van der Waals surface area contributed by atoms with Crippen molar-refractivity contribution in [3.05, 3.63) is 184 Å². The first-order valence-corrected chi connectivity index (χ1v) is 51.2. The minimum absolute atomic E-state index is 0.0204. The van der Waals surface area contributed by atoms with Gasteiger partial charge in [-0.3, -0.25) is 39.1 Å². The number of carbonyl (C=O) groups excluding carboxylic acids is 3. The molecule has 806 valence electrons. The number of nitrogens with zero attached hydrogens (tertiary/aromatic N) is 22. The zero-order chi connectivity index (χ0) is 107. The summed E-state index contributed by atoms with van der Waals surface area (Å²) in [5, 5.41) is 58.9. The molecule has 6 aliphatic heterocycles. The third kappa shape index (κ3) is 37.9. The maximum absolute atomic E-state index is 12.3. The zero-order valence-corrected chi connectivity index (χ0v) is 92.0. The highest BCUT2D eigenvalue weighted by atomic mass is 16.5. The molecular formula is C105H163N29O13. The number of benzene rings is 2. The first-order chi connectivity index (χ1) is 69.2. The average Bonchev–Trinajstić information content (AvgIpc) is 1.67. The Morgan fingerprint density at radius 3 is 1.48 bits per heavy atom. The first-order valence-electron chi connectivity index (χ1n) is 51.2. The van der Waals surface area contributed by atoms with Crippen LogP contribution in [-0.2, 0) is 79.7 Å². The zero-order valence-electron chi connectivity index (χ0n) is 92.0. The third-order valence-corrected chi connectivity index (χ3v) is 23.8. The van der Waals surface area contributed by atoms with E-state index in [0.29, 0.717) is 71.2 Å². The van der Waals surface area contributed by atoms with E-state index in [0.717, 1.165) is 222 Å². The molecule has 1 atom stereocenters. The molecular weight excluding hydrogens is 1880 g/mol. The van der Waals surface area contributed by atoms with Crippen LogP contribution in [0.4, 0.5) is 17.9 Å². The van der Waals surface area contributed by atoms with Gasteiger partial charge in [0, 0.05) is 216 Å². The van der Waals surface area contributed by atoms with Crippen molar-refractivity contribution in [1.29, 1.82) is 0 Å². The molecule has 6 saturated heterocycles. The minimum Gasteiger partial charge on any atom is -0.378 e. The van der Waals surface area contributed by atoms with Gasteiger partial charge in [-0.05, 0) is 67.0 Å². The molecule has 0 bridgehead atoms. The van der Waals surface area contributed by atoms with Crippen LogP contribution in [-0.4, -0.2) is 267 Å². The highest BCUT2D eigenvalue weighted by molar-refractivity contribution is 6.03. The summed E-state index contributed by atoms with van der Waals surface area (Å²) in [5.74, 6) is 7.05. The number of carbonyl (C=O) groups is 3. The molecule has 42 heteroatoms. The number of hydrogen-bond donors (Lipinski definition) is 7. The lowest BCUT2D eigenvalue weighted by Gasteiger charge is -2.27. The van der Waals surface area contributed by atoms with Gasteiger partial charge in [-0.15, -0.1) is 0 Å². The fourth-order valence-electron chi connectivity index (χ4n) is 15.2. The summed E-state index contributed by atoms with van der Waals surface area (Å²) in [6.45, 7) is 78.9.